The Labute approximate surface area is 134 Å². The van der Waals surface area contributed by atoms with Gasteiger partial charge < -0.3 is 9.80 Å². The molecule has 1 aromatic carbocycles. The van der Waals surface area contributed by atoms with Gasteiger partial charge >= 0.3 is 0 Å². The van der Waals surface area contributed by atoms with Crippen LogP contribution >= 0.6 is 12.2 Å². The monoisotopic (exact) mass is 310 g/mol. The molecule has 0 aliphatic rings. The molecule has 0 radical (unpaired) electrons. The van der Waals surface area contributed by atoms with E-state index in [1.165, 1.54) is 19.4 Å². The summed E-state index contributed by atoms with van der Waals surface area (Å²) in [4.78, 5) is 16.5. The smallest absolute Gasteiger partial charge is 0.204 e. The molecule has 0 heterocycles. The zero-order chi connectivity index (χ0) is 16.0. The Balaban J connectivity index is 2.45. The van der Waals surface area contributed by atoms with Crippen molar-refractivity contribution >= 4 is 17.9 Å². The Morgan fingerprint density at radius 2 is 1.71 bits per heavy atom. The minimum Gasteiger partial charge on any atom is -0.373 e. The Kier molecular flexibility index (Phi) is 7.53. The molecule has 1 rings (SSSR count). The summed E-state index contributed by atoms with van der Waals surface area (Å²) in [5, 5.41) is 0. The topological polar surface area (TPSA) is 23.6 Å². The second-order valence-corrected chi connectivity index (χ2v) is 6.55. The van der Waals surface area contributed by atoms with Crippen LogP contribution < -0.4 is 10.3 Å². The van der Waals surface area contributed by atoms with Crippen molar-refractivity contribution < 1.29 is 0 Å². The summed E-state index contributed by atoms with van der Waals surface area (Å²) >= 11 is 5.22. The molecule has 0 aromatic heterocycles. The fraction of sp³-hybridized carbons (Fsp3) is 0.765. The maximum absolute atomic E-state index is 11.8. The van der Waals surface area contributed by atoms with E-state index in [0.29, 0.717) is 4.51 Å². The molecule has 0 atom stereocenters. The lowest BCUT2D eigenvalue weighted by molar-refractivity contribution is 0.283. The first kappa shape index (κ1) is 18.3. The molecule has 0 aliphatic carbocycles. The van der Waals surface area contributed by atoms with Gasteiger partial charge in [0.15, 0.2) is 0 Å². The van der Waals surface area contributed by atoms with Crippen LogP contribution in [0.4, 0.5) is 5.69 Å². The van der Waals surface area contributed by atoms with Gasteiger partial charge in [-0.1, -0.05) is 39.9 Å². The summed E-state index contributed by atoms with van der Waals surface area (Å²) < 4.78 is 0.530. The van der Waals surface area contributed by atoms with E-state index in [2.05, 4.69) is 44.5 Å². The molecule has 21 heavy (non-hydrogen) atoms. The predicted octanol–water partition coefficient (Wildman–Crippen LogP) is 3.72. The van der Waals surface area contributed by atoms with Crippen LogP contribution in [0.2, 0.25) is 0 Å². The normalized spacial score (nSPS) is 11.8. The minimum atomic E-state index is 0.0851. The van der Waals surface area contributed by atoms with Crippen molar-refractivity contribution in [2.75, 3.05) is 38.1 Å². The largest absolute Gasteiger partial charge is 0.373 e. The van der Waals surface area contributed by atoms with E-state index in [9.17, 15) is 4.79 Å². The number of anilines is 1. The molecular weight excluding hydrogens is 280 g/mol. The summed E-state index contributed by atoms with van der Waals surface area (Å²) in [7, 11) is 2.06. The van der Waals surface area contributed by atoms with Crippen LogP contribution in [0.5, 0.6) is 0 Å². The number of rotatable bonds is 10. The molecule has 0 N–H and O–H groups in total. The van der Waals surface area contributed by atoms with Gasteiger partial charge in [-0.2, -0.15) is 0 Å². The first-order chi connectivity index (χ1) is 9.93. The lowest BCUT2D eigenvalue weighted by Crippen LogP contribution is -2.31. The molecule has 0 unspecified atom stereocenters. The number of nitrogens with zero attached hydrogens (tertiary/aromatic N) is 2. The van der Waals surface area contributed by atoms with Crippen LogP contribution in [-0.2, 0) is 0 Å². The first-order valence-corrected chi connectivity index (χ1v) is 8.61. The van der Waals surface area contributed by atoms with Crippen molar-refractivity contribution in [2.45, 2.75) is 52.9 Å². The average Bonchev–Trinajstić information content (AvgIpc) is 2.45. The highest BCUT2D eigenvalue weighted by Crippen LogP contribution is 2.28. The predicted molar refractivity (Wildman–Crippen MR) is 94.9 cm³/mol. The molecule has 120 valence electrons. The molecule has 4 heteroatoms. The van der Waals surface area contributed by atoms with Crippen molar-refractivity contribution in [1.29, 1.82) is 0 Å². The van der Waals surface area contributed by atoms with E-state index in [4.69, 9.17) is 12.2 Å². The highest BCUT2D eigenvalue weighted by Gasteiger charge is 2.22. The van der Waals surface area contributed by atoms with Gasteiger partial charge in [0.1, 0.15) is 4.51 Å². The summed E-state index contributed by atoms with van der Waals surface area (Å²) in [5.41, 5.74) is 2.02. The van der Waals surface area contributed by atoms with Crippen LogP contribution in [0.3, 0.4) is 0 Å². The van der Waals surface area contributed by atoms with Gasteiger partial charge in [0.25, 0.3) is 0 Å². The van der Waals surface area contributed by atoms with Gasteiger partial charge in [-0.3, -0.25) is 4.79 Å². The second-order valence-electron chi connectivity index (χ2n) is 6.14. The molecule has 0 aliphatic heterocycles. The van der Waals surface area contributed by atoms with Crippen molar-refractivity contribution in [2.24, 2.45) is 0 Å². The maximum Gasteiger partial charge on any atom is 0.204 e. The Morgan fingerprint density at radius 1 is 1.10 bits per heavy atom. The molecule has 0 bridgehead atoms. The van der Waals surface area contributed by atoms with Crippen molar-refractivity contribution in [1.82, 2.24) is 4.90 Å². The van der Waals surface area contributed by atoms with E-state index < -0.39 is 0 Å². The van der Waals surface area contributed by atoms with Crippen LogP contribution in [-0.4, -0.2) is 38.1 Å². The Hall–Kier alpha value is -0.740. The number of unbranched alkanes of at least 4 members (excludes halogenated alkanes) is 1. The quantitative estimate of drug-likeness (QED) is 0.485. The summed E-state index contributed by atoms with van der Waals surface area (Å²) in [6.07, 6.45) is 3.56. The van der Waals surface area contributed by atoms with E-state index in [1.54, 1.807) is 0 Å². The highest BCUT2D eigenvalue weighted by atomic mass is 32.1. The first-order valence-electron chi connectivity index (χ1n) is 8.20. The third-order valence-electron chi connectivity index (χ3n) is 4.09. The van der Waals surface area contributed by atoms with Gasteiger partial charge in [0, 0.05) is 19.2 Å². The molecule has 0 spiro atoms. The lowest BCUT2D eigenvalue weighted by atomic mass is 9.95. The highest BCUT2D eigenvalue weighted by molar-refractivity contribution is 7.71. The molecule has 0 saturated heterocycles. The van der Waals surface area contributed by atoms with Gasteiger partial charge in [-0.15, -0.1) is 0 Å². The van der Waals surface area contributed by atoms with E-state index in [1.807, 2.05) is 0 Å². The van der Waals surface area contributed by atoms with Gasteiger partial charge in [-0.25, -0.2) is 0 Å². The standard InChI is InChI=1S/C17H30N2OS/c1-6-10-19(7-2)12-9-8-11-18(5)15-14(13(3)4)16(20)17(15)21/h13H,6-12H2,1-5H3. The van der Waals surface area contributed by atoms with Crippen molar-refractivity contribution in [3.63, 3.8) is 0 Å². The summed E-state index contributed by atoms with van der Waals surface area (Å²) in [6.45, 7) is 13.0. The fourth-order valence-electron chi connectivity index (χ4n) is 2.85. The van der Waals surface area contributed by atoms with Crippen LogP contribution in [0.15, 0.2) is 4.79 Å². The zero-order valence-corrected chi connectivity index (χ0v) is 15.1. The molecule has 1 aromatic rings. The molecule has 3 nitrogen and oxygen atoms in total. The Morgan fingerprint density at radius 3 is 2.24 bits per heavy atom. The van der Waals surface area contributed by atoms with Crippen molar-refractivity contribution in [3.05, 3.63) is 20.3 Å². The SMILES string of the molecule is CCCN(CC)CCCCN(C)c1c(C(C)C)c(=O)c1=S. The van der Waals surface area contributed by atoms with Crippen LogP contribution in [0, 0.1) is 4.51 Å². The molecular formula is C17H30N2OS. The zero-order valence-electron chi connectivity index (χ0n) is 14.2. The van der Waals surface area contributed by atoms with Gasteiger partial charge in [0.2, 0.25) is 5.43 Å². The van der Waals surface area contributed by atoms with Crippen LogP contribution in [0.25, 0.3) is 0 Å². The fourth-order valence-corrected chi connectivity index (χ4v) is 3.23. The van der Waals surface area contributed by atoms with E-state index in [-0.39, 0.29) is 11.3 Å². The molecule has 0 saturated carbocycles. The third kappa shape index (κ3) is 4.62. The van der Waals surface area contributed by atoms with E-state index >= 15 is 0 Å². The second kappa shape index (κ2) is 8.64. The third-order valence-corrected chi connectivity index (χ3v) is 4.46. The summed E-state index contributed by atoms with van der Waals surface area (Å²) in [6, 6.07) is 0. The lowest BCUT2D eigenvalue weighted by Gasteiger charge is -2.26. The molecule has 0 fully saturated rings. The van der Waals surface area contributed by atoms with Crippen LogP contribution in [0.1, 0.15) is 58.4 Å². The minimum absolute atomic E-state index is 0.0851. The average molecular weight is 311 g/mol. The molecule has 0 amide bonds. The number of hydrogen-bond acceptors (Lipinski definition) is 4. The maximum atomic E-state index is 11.8. The summed E-state index contributed by atoms with van der Waals surface area (Å²) in [5.74, 6) is 0.266. The number of hydrogen-bond donors (Lipinski definition) is 0. The van der Waals surface area contributed by atoms with Crippen molar-refractivity contribution in [3.8, 4) is 0 Å². The van der Waals surface area contributed by atoms with E-state index in [0.717, 1.165) is 37.3 Å². The van der Waals surface area contributed by atoms with Gasteiger partial charge in [0.05, 0.1) is 5.69 Å². The van der Waals surface area contributed by atoms with Gasteiger partial charge in [-0.05, 0) is 44.8 Å². The Bertz CT molecular complexity index is 503.